The molecule has 2 N–H and O–H groups in total. The van der Waals surface area contributed by atoms with Crippen molar-refractivity contribution in [2.45, 2.75) is 38.9 Å². The molecule has 0 aromatic rings. The van der Waals surface area contributed by atoms with Gasteiger partial charge in [-0.25, -0.2) is 0 Å². The SMILES string of the molecule is CC1CC(C(=O)NCCO)CC(C)O1. The monoisotopic (exact) mass is 201 g/mol. The quantitative estimate of drug-likeness (QED) is 0.690. The van der Waals surface area contributed by atoms with Crippen molar-refractivity contribution in [2.75, 3.05) is 13.2 Å². The molecule has 1 aliphatic heterocycles. The summed E-state index contributed by atoms with van der Waals surface area (Å²) in [4.78, 5) is 11.6. The van der Waals surface area contributed by atoms with Gasteiger partial charge in [-0.05, 0) is 26.7 Å². The number of hydrogen-bond acceptors (Lipinski definition) is 3. The van der Waals surface area contributed by atoms with E-state index in [0.29, 0.717) is 6.54 Å². The van der Waals surface area contributed by atoms with E-state index in [1.807, 2.05) is 13.8 Å². The summed E-state index contributed by atoms with van der Waals surface area (Å²) < 4.78 is 5.54. The predicted octanol–water partition coefficient (Wildman–Crippen LogP) is 0.299. The molecule has 1 heterocycles. The number of nitrogens with one attached hydrogen (secondary N) is 1. The van der Waals surface area contributed by atoms with Crippen molar-refractivity contribution in [1.82, 2.24) is 5.32 Å². The lowest BCUT2D eigenvalue weighted by atomic mass is 9.92. The number of carbonyl (C=O) groups is 1. The van der Waals surface area contributed by atoms with Crippen LogP contribution < -0.4 is 5.32 Å². The Balaban J connectivity index is 2.38. The van der Waals surface area contributed by atoms with Crippen LogP contribution in [0.4, 0.5) is 0 Å². The molecule has 1 aliphatic rings. The number of aliphatic hydroxyl groups excluding tert-OH is 1. The van der Waals surface area contributed by atoms with Crippen molar-refractivity contribution in [3.8, 4) is 0 Å². The van der Waals surface area contributed by atoms with Crippen molar-refractivity contribution in [3.63, 3.8) is 0 Å². The predicted molar refractivity (Wildman–Crippen MR) is 52.8 cm³/mol. The Morgan fingerprint density at radius 3 is 2.50 bits per heavy atom. The van der Waals surface area contributed by atoms with Crippen molar-refractivity contribution in [2.24, 2.45) is 5.92 Å². The van der Waals surface area contributed by atoms with Crippen LogP contribution >= 0.6 is 0 Å². The summed E-state index contributed by atoms with van der Waals surface area (Å²) in [5.41, 5.74) is 0. The number of amides is 1. The van der Waals surface area contributed by atoms with E-state index < -0.39 is 0 Å². The van der Waals surface area contributed by atoms with Crippen LogP contribution in [0.2, 0.25) is 0 Å². The maximum atomic E-state index is 11.6. The maximum Gasteiger partial charge on any atom is 0.223 e. The lowest BCUT2D eigenvalue weighted by Crippen LogP contribution is -2.40. The van der Waals surface area contributed by atoms with Gasteiger partial charge in [0.1, 0.15) is 0 Å². The first kappa shape index (κ1) is 11.5. The third kappa shape index (κ3) is 3.27. The highest BCUT2D eigenvalue weighted by molar-refractivity contribution is 5.78. The molecular formula is C10H19NO3. The summed E-state index contributed by atoms with van der Waals surface area (Å²) in [5.74, 6) is 0.0846. The largest absolute Gasteiger partial charge is 0.395 e. The summed E-state index contributed by atoms with van der Waals surface area (Å²) in [6.45, 7) is 4.32. The summed E-state index contributed by atoms with van der Waals surface area (Å²) in [7, 11) is 0. The number of hydrogen-bond donors (Lipinski definition) is 2. The molecule has 14 heavy (non-hydrogen) atoms. The minimum absolute atomic E-state index is 0.0000666. The van der Waals surface area contributed by atoms with Crippen molar-refractivity contribution in [1.29, 1.82) is 0 Å². The molecule has 0 saturated carbocycles. The van der Waals surface area contributed by atoms with Crippen molar-refractivity contribution < 1.29 is 14.6 Å². The third-order valence-corrected chi connectivity index (χ3v) is 2.48. The standard InChI is InChI=1S/C10H19NO3/c1-7-5-9(6-8(2)14-7)10(13)11-3-4-12/h7-9,12H,3-6H2,1-2H3,(H,11,13). The maximum absolute atomic E-state index is 11.6. The van der Waals surface area contributed by atoms with E-state index in [0.717, 1.165) is 12.8 Å². The van der Waals surface area contributed by atoms with Crippen LogP contribution in [0.1, 0.15) is 26.7 Å². The van der Waals surface area contributed by atoms with E-state index in [1.54, 1.807) is 0 Å². The van der Waals surface area contributed by atoms with Crippen LogP contribution in [0.3, 0.4) is 0 Å². The third-order valence-electron chi connectivity index (χ3n) is 2.48. The zero-order valence-corrected chi connectivity index (χ0v) is 8.82. The molecule has 4 heteroatoms. The Morgan fingerprint density at radius 1 is 1.43 bits per heavy atom. The highest BCUT2D eigenvalue weighted by Crippen LogP contribution is 2.24. The molecule has 0 bridgehead atoms. The van der Waals surface area contributed by atoms with Gasteiger partial charge in [0, 0.05) is 12.5 Å². The van der Waals surface area contributed by atoms with Gasteiger partial charge in [0.15, 0.2) is 0 Å². The summed E-state index contributed by atoms with van der Waals surface area (Å²) >= 11 is 0. The zero-order valence-electron chi connectivity index (χ0n) is 8.82. The molecule has 82 valence electrons. The highest BCUT2D eigenvalue weighted by atomic mass is 16.5. The molecule has 4 nitrogen and oxygen atoms in total. The van der Waals surface area contributed by atoms with Gasteiger partial charge in [0.2, 0.25) is 5.91 Å². The fourth-order valence-corrected chi connectivity index (χ4v) is 1.94. The number of rotatable bonds is 3. The molecule has 2 atom stereocenters. The molecule has 2 unspecified atom stereocenters. The van der Waals surface area contributed by atoms with E-state index in [9.17, 15) is 4.79 Å². The average molecular weight is 201 g/mol. The first-order chi connectivity index (χ1) is 6.63. The minimum Gasteiger partial charge on any atom is -0.395 e. The molecule has 1 fully saturated rings. The fraction of sp³-hybridized carbons (Fsp3) is 0.900. The van der Waals surface area contributed by atoms with Gasteiger partial charge in [0.25, 0.3) is 0 Å². The highest BCUT2D eigenvalue weighted by Gasteiger charge is 2.29. The van der Waals surface area contributed by atoms with Crippen molar-refractivity contribution in [3.05, 3.63) is 0 Å². The van der Waals surface area contributed by atoms with Crippen LogP contribution in [0.5, 0.6) is 0 Å². The first-order valence-corrected chi connectivity index (χ1v) is 5.17. The summed E-state index contributed by atoms with van der Waals surface area (Å²) in [6.07, 6.45) is 1.87. The van der Waals surface area contributed by atoms with E-state index in [-0.39, 0.29) is 30.6 Å². The van der Waals surface area contributed by atoms with Crippen molar-refractivity contribution >= 4 is 5.91 Å². The van der Waals surface area contributed by atoms with Gasteiger partial charge < -0.3 is 15.2 Å². The Kier molecular flexibility index (Phi) is 4.35. The summed E-state index contributed by atoms with van der Waals surface area (Å²) in [6, 6.07) is 0. The molecule has 0 aromatic heterocycles. The van der Waals surface area contributed by atoms with E-state index in [4.69, 9.17) is 9.84 Å². The van der Waals surface area contributed by atoms with Crippen LogP contribution in [-0.4, -0.2) is 36.4 Å². The van der Waals surface area contributed by atoms with Gasteiger partial charge in [-0.15, -0.1) is 0 Å². The molecule has 0 spiro atoms. The lowest BCUT2D eigenvalue weighted by Gasteiger charge is -2.31. The molecule has 0 radical (unpaired) electrons. The Hall–Kier alpha value is -0.610. The Morgan fingerprint density at radius 2 is 2.00 bits per heavy atom. The summed E-state index contributed by atoms with van der Waals surface area (Å²) in [5, 5.41) is 11.3. The molecule has 1 saturated heterocycles. The van der Waals surface area contributed by atoms with Crippen LogP contribution in [0, 0.1) is 5.92 Å². The fourth-order valence-electron chi connectivity index (χ4n) is 1.94. The second-order valence-electron chi connectivity index (χ2n) is 3.94. The van der Waals surface area contributed by atoms with Gasteiger partial charge >= 0.3 is 0 Å². The topological polar surface area (TPSA) is 58.6 Å². The molecule has 1 amide bonds. The first-order valence-electron chi connectivity index (χ1n) is 5.17. The molecular weight excluding hydrogens is 182 g/mol. The van der Waals surface area contributed by atoms with E-state index >= 15 is 0 Å². The second kappa shape index (κ2) is 5.32. The minimum atomic E-state index is 0.0000666. The van der Waals surface area contributed by atoms with Gasteiger partial charge in [-0.2, -0.15) is 0 Å². The zero-order chi connectivity index (χ0) is 10.6. The number of aliphatic hydroxyl groups is 1. The van der Waals surface area contributed by atoms with Crippen LogP contribution in [-0.2, 0) is 9.53 Å². The van der Waals surface area contributed by atoms with E-state index in [2.05, 4.69) is 5.32 Å². The van der Waals surface area contributed by atoms with Gasteiger partial charge in [0.05, 0.1) is 18.8 Å². The van der Waals surface area contributed by atoms with Gasteiger partial charge in [-0.1, -0.05) is 0 Å². The van der Waals surface area contributed by atoms with Crippen LogP contribution in [0.15, 0.2) is 0 Å². The smallest absolute Gasteiger partial charge is 0.223 e. The second-order valence-corrected chi connectivity index (χ2v) is 3.94. The number of carbonyl (C=O) groups excluding carboxylic acids is 1. The van der Waals surface area contributed by atoms with Crippen LogP contribution in [0.25, 0.3) is 0 Å². The Bertz CT molecular complexity index is 186. The molecule has 1 rings (SSSR count). The normalized spacial score (nSPS) is 32.6. The lowest BCUT2D eigenvalue weighted by molar-refractivity contribution is -0.133. The molecule has 0 aromatic carbocycles. The number of ether oxygens (including phenoxy) is 1. The molecule has 0 aliphatic carbocycles. The Labute approximate surface area is 84.6 Å². The van der Waals surface area contributed by atoms with E-state index in [1.165, 1.54) is 0 Å². The van der Waals surface area contributed by atoms with Gasteiger partial charge in [-0.3, -0.25) is 4.79 Å². The average Bonchev–Trinajstić information content (AvgIpc) is 2.12.